The summed E-state index contributed by atoms with van der Waals surface area (Å²) in [7, 11) is 0. The second-order valence-corrected chi connectivity index (χ2v) is 7.32. The monoisotopic (exact) mass is 349 g/mol. The number of amides is 1. The van der Waals surface area contributed by atoms with E-state index in [0.717, 1.165) is 5.56 Å². The predicted octanol–water partition coefficient (Wildman–Crippen LogP) is 4.56. The van der Waals surface area contributed by atoms with Crippen LogP contribution in [0.1, 0.15) is 53.0 Å². The van der Waals surface area contributed by atoms with Crippen LogP contribution in [0.2, 0.25) is 0 Å². The highest BCUT2D eigenvalue weighted by atomic mass is 16.6. The molecular formula is C20H31NO4. The van der Waals surface area contributed by atoms with E-state index in [2.05, 4.69) is 0 Å². The van der Waals surface area contributed by atoms with Crippen LogP contribution in [0.25, 0.3) is 0 Å². The van der Waals surface area contributed by atoms with Crippen molar-refractivity contribution < 1.29 is 19.4 Å². The summed E-state index contributed by atoms with van der Waals surface area (Å²) in [5.74, 6) is -0.676. The van der Waals surface area contributed by atoms with E-state index in [1.54, 1.807) is 6.92 Å². The van der Waals surface area contributed by atoms with Crippen molar-refractivity contribution in [2.24, 2.45) is 11.8 Å². The summed E-state index contributed by atoms with van der Waals surface area (Å²) < 4.78 is 5.42. The largest absolute Gasteiger partial charge is 0.479 e. The Bertz CT molecular complexity index is 544. The van der Waals surface area contributed by atoms with Gasteiger partial charge in [0.05, 0.1) is 0 Å². The summed E-state index contributed by atoms with van der Waals surface area (Å²) in [6.07, 6.45) is 0.221. The Kier molecular flexibility index (Phi) is 7.94. The minimum Gasteiger partial charge on any atom is -0.479 e. The molecule has 0 saturated carbocycles. The van der Waals surface area contributed by atoms with Crippen molar-refractivity contribution in [3.63, 3.8) is 0 Å². The van der Waals surface area contributed by atoms with Crippen LogP contribution in [0.4, 0.5) is 4.79 Å². The van der Waals surface area contributed by atoms with E-state index in [-0.39, 0.29) is 18.4 Å². The lowest BCUT2D eigenvalue weighted by atomic mass is 9.80. The topological polar surface area (TPSA) is 66.8 Å². The SMILES string of the molecule is CCN(C(=O)OCc1ccccc1)C(CC(C)C)(CC(C)C)C(=O)O. The summed E-state index contributed by atoms with van der Waals surface area (Å²) >= 11 is 0. The number of nitrogens with zero attached hydrogens (tertiary/aromatic N) is 1. The Morgan fingerprint density at radius 1 is 1.08 bits per heavy atom. The number of ether oxygens (including phenoxy) is 1. The van der Waals surface area contributed by atoms with E-state index >= 15 is 0 Å². The molecule has 0 unspecified atom stereocenters. The van der Waals surface area contributed by atoms with Gasteiger partial charge in [0, 0.05) is 6.54 Å². The molecule has 1 rings (SSSR count). The first kappa shape index (κ1) is 21.0. The molecule has 0 fully saturated rings. The number of carbonyl (C=O) groups excluding carboxylic acids is 1. The fraction of sp³-hybridized carbons (Fsp3) is 0.600. The van der Waals surface area contributed by atoms with Crippen LogP contribution in [0.3, 0.4) is 0 Å². The van der Waals surface area contributed by atoms with Crippen molar-refractivity contribution in [1.29, 1.82) is 0 Å². The molecule has 5 nitrogen and oxygen atoms in total. The molecule has 1 N–H and O–H groups in total. The van der Waals surface area contributed by atoms with E-state index in [1.165, 1.54) is 4.90 Å². The number of carboxylic acids is 1. The number of rotatable bonds is 9. The van der Waals surface area contributed by atoms with Crippen LogP contribution in [0.5, 0.6) is 0 Å². The van der Waals surface area contributed by atoms with Crippen LogP contribution < -0.4 is 0 Å². The third-order valence-corrected chi connectivity index (χ3v) is 4.15. The molecule has 0 atom stereocenters. The molecule has 0 aliphatic rings. The highest BCUT2D eigenvalue weighted by molar-refractivity contribution is 5.84. The summed E-state index contributed by atoms with van der Waals surface area (Å²) in [4.78, 5) is 26.3. The molecule has 0 saturated heterocycles. The van der Waals surface area contributed by atoms with Gasteiger partial charge in [-0.3, -0.25) is 4.90 Å². The molecule has 0 bridgehead atoms. The second-order valence-electron chi connectivity index (χ2n) is 7.32. The van der Waals surface area contributed by atoms with Crippen molar-refractivity contribution >= 4 is 12.1 Å². The number of carboxylic acid groups (broad SMARTS) is 1. The zero-order chi connectivity index (χ0) is 19.0. The molecule has 1 aromatic carbocycles. The number of carbonyl (C=O) groups is 2. The molecule has 0 heterocycles. The van der Waals surface area contributed by atoms with Crippen LogP contribution in [-0.4, -0.2) is 34.2 Å². The predicted molar refractivity (Wildman–Crippen MR) is 98.3 cm³/mol. The van der Waals surface area contributed by atoms with Gasteiger partial charge in [-0.1, -0.05) is 58.0 Å². The van der Waals surface area contributed by atoms with Gasteiger partial charge in [-0.05, 0) is 37.2 Å². The van der Waals surface area contributed by atoms with E-state index in [4.69, 9.17) is 4.74 Å². The molecule has 1 aromatic rings. The van der Waals surface area contributed by atoms with Gasteiger partial charge in [-0.25, -0.2) is 9.59 Å². The number of hydrogen-bond acceptors (Lipinski definition) is 3. The van der Waals surface area contributed by atoms with Crippen molar-refractivity contribution in [2.75, 3.05) is 6.54 Å². The summed E-state index contributed by atoms with van der Waals surface area (Å²) in [6.45, 7) is 10.1. The van der Waals surface area contributed by atoms with Crippen LogP contribution in [0.15, 0.2) is 30.3 Å². The fourth-order valence-electron chi connectivity index (χ4n) is 3.35. The maximum atomic E-state index is 12.7. The second kappa shape index (κ2) is 9.44. The first-order valence-corrected chi connectivity index (χ1v) is 8.94. The third kappa shape index (κ3) is 5.76. The van der Waals surface area contributed by atoms with Gasteiger partial charge in [0.2, 0.25) is 0 Å². The molecule has 5 heteroatoms. The Labute approximate surface area is 151 Å². The van der Waals surface area contributed by atoms with Crippen LogP contribution >= 0.6 is 0 Å². The minimum atomic E-state index is -1.25. The van der Waals surface area contributed by atoms with E-state index in [0.29, 0.717) is 19.4 Å². The molecule has 0 radical (unpaired) electrons. The lowest BCUT2D eigenvalue weighted by Gasteiger charge is -2.41. The summed E-state index contributed by atoms with van der Waals surface area (Å²) in [5, 5.41) is 10.0. The minimum absolute atomic E-state index is 0.134. The van der Waals surface area contributed by atoms with Crippen molar-refractivity contribution in [3.05, 3.63) is 35.9 Å². The highest BCUT2D eigenvalue weighted by Gasteiger charge is 2.47. The maximum Gasteiger partial charge on any atom is 0.411 e. The summed E-state index contributed by atoms with van der Waals surface area (Å²) in [5.41, 5.74) is -0.370. The molecular weight excluding hydrogens is 318 g/mol. The smallest absolute Gasteiger partial charge is 0.411 e. The van der Waals surface area contributed by atoms with Gasteiger partial charge in [-0.15, -0.1) is 0 Å². The lowest BCUT2D eigenvalue weighted by Crippen LogP contribution is -2.58. The first-order valence-electron chi connectivity index (χ1n) is 8.94. The molecule has 0 spiro atoms. The maximum absolute atomic E-state index is 12.7. The van der Waals surface area contributed by atoms with Crippen molar-refractivity contribution in [2.45, 2.75) is 59.6 Å². The zero-order valence-electron chi connectivity index (χ0n) is 16.0. The van der Waals surface area contributed by atoms with Gasteiger partial charge in [0.1, 0.15) is 12.1 Å². The zero-order valence-corrected chi connectivity index (χ0v) is 16.0. The Balaban J connectivity index is 3.05. The van der Waals surface area contributed by atoms with Crippen molar-refractivity contribution in [1.82, 2.24) is 4.90 Å². The van der Waals surface area contributed by atoms with Gasteiger partial charge >= 0.3 is 12.1 Å². The van der Waals surface area contributed by atoms with Crippen LogP contribution in [0, 0.1) is 11.8 Å². The van der Waals surface area contributed by atoms with Crippen molar-refractivity contribution in [3.8, 4) is 0 Å². The standard InChI is InChI=1S/C20H31NO4/c1-6-21(19(24)25-14-17-10-8-7-9-11-17)20(18(22)23,12-15(2)3)13-16(4)5/h7-11,15-16H,6,12-14H2,1-5H3,(H,22,23). The molecule has 0 aliphatic carbocycles. The Hall–Kier alpha value is -2.04. The average molecular weight is 349 g/mol. The molecule has 1 amide bonds. The Morgan fingerprint density at radius 2 is 1.60 bits per heavy atom. The number of likely N-dealkylation sites (N-methyl/N-ethyl adjacent to an activating group) is 1. The molecule has 0 aliphatic heterocycles. The molecule has 0 aromatic heterocycles. The van der Waals surface area contributed by atoms with Crippen LogP contribution in [-0.2, 0) is 16.1 Å². The van der Waals surface area contributed by atoms with E-state index in [9.17, 15) is 14.7 Å². The molecule has 25 heavy (non-hydrogen) atoms. The summed E-state index contributed by atoms with van der Waals surface area (Å²) in [6, 6.07) is 9.39. The third-order valence-electron chi connectivity index (χ3n) is 4.15. The first-order chi connectivity index (χ1) is 11.7. The number of aliphatic carboxylic acids is 1. The van der Waals surface area contributed by atoms with Gasteiger partial charge in [0.15, 0.2) is 0 Å². The normalized spacial score (nSPS) is 11.6. The Morgan fingerprint density at radius 3 is 2.00 bits per heavy atom. The number of benzene rings is 1. The average Bonchev–Trinajstić information content (AvgIpc) is 2.53. The lowest BCUT2D eigenvalue weighted by molar-refractivity contribution is -0.153. The highest BCUT2D eigenvalue weighted by Crippen LogP contribution is 2.32. The van der Waals surface area contributed by atoms with E-state index in [1.807, 2.05) is 58.0 Å². The molecule has 140 valence electrons. The fourth-order valence-corrected chi connectivity index (χ4v) is 3.35. The van der Waals surface area contributed by atoms with E-state index < -0.39 is 17.6 Å². The quantitative estimate of drug-likeness (QED) is 0.709. The van der Waals surface area contributed by atoms with Gasteiger partial charge in [-0.2, -0.15) is 0 Å². The number of hydrogen-bond donors (Lipinski definition) is 1. The van der Waals surface area contributed by atoms with Gasteiger partial charge < -0.3 is 9.84 Å². The van der Waals surface area contributed by atoms with Gasteiger partial charge in [0.25, 0.3) is 0 Å².